The third kappa shape index (κ3) is 1.82. The van der Waals surface area contributed by atoms with Crippen molar-refractivity contribution in [3.05, 3.63) is 11.9 Å². The van der Waals surface area contributed by atoms with E-state index in [2.05, 4.69) is 10.2 Å². The second kappa shape index (κ2) is 3.88. The Kier molecular flexibility index (Phi) is 2.58. The molecule has 0 spiro atoms. The van der Waals surface area contributed by atoms with Gasteiger partial charge in [-0.25, -0.2) is 0 Å². The number of ether oxygens (including phenoxy) is 1. The van der Waals surface area contributed by atoms with Gasteiger partial charge in [-0.05, 0) is 12.8 Å². The molecular weight excluding hydrogens is 182 g/mol. The van der Waals surface area contributed by atoms with Gasteiger partial charge in [0.1, 0.15) is 5.69 Å². The molecule has 1 fully saturated rings. The first kappa shape index (κ1) is 9.33. The summed E-state index contributed by atoms with van der Waals surface area (Å²) in [5.41, 5.74) is 0.447. The van der Waals surface area contributed by atoms with E-state index < -0.39 is 0 Å². The molecule has 14 heavy (non-hydrogen) atoms. The van der Waals surface area contributed by atoms with Crippen molar-refractivity contribution >= 4 is 5.78 Å². The van der Waals surface area contributed by atoms with Gasteiger partial charge in [-0.1, -0.05) is 0 Å². The number of Topliss-reactive ketones (excluding diaryl/α,β-unsaturated/α-hetero) is 1. The molecule has 1 aromatic rings. The van der Waals surface area contributed by atoms with Crippen LogP contribution < -0.4 is 0 Å². The third-order valence-corrected chi connectivity index (χ3v) is 2.38. The molecule has 76 valence electrons. The van der Waals surface area contributed by atoms with Gasteiger partial charge in [0, 0.05) is 19.6 Å². The topological polar surface area (TPSA) is 57.0 Å². The fourth-order valence-corrected chi connectivity index (χ4v) is 1.62. The number of carbonyl (C=O) groups is 1. The van der Waals surface area contributed by atoms with E-state index in [9.17, 15) is 4.79 Å². The minimum Gasteiger partial charge on any atom is -0.381 e. The van der Waals surface area contributed by atoms with Gasteiger partial charge in [-0.2, -0.15) is 15.0 Å². The molecule has 0 amide bonds. The lowest BCUT2D eigenvalue weighted by atomic mass is 9.96. The maximum Gasteiger partial charge on any atom is 0.190 e. The molecule has 1 aliphatic heterocycles. The van der Waals surface area contributed by atoms with Crippen molar-refractivity contribution in [3.8, 4) is 0 Å². The highest BCUT2D eigenvalue weighted by molar-refractivity contribution is 5.95. The van der Waals surface area contributed by atoms with Gasteiger partial charge in [0.2, 0.25) is 0 Å². The van der Waals surface area contributed by atoms with Crippen LogP contribution in [0.2, 0.25) is 0 Å². The van der Waals surface area contributed by atoms with E-state index in [1.54, 1.807) is 7.05 Å². The molecule has 1 unspecified atom stereocenters. The van der Waals surface area contributed by atoms with Crippen LogP contribution >= 0.6 is 0 Å². The van der Waals surface area contributed by atoms with Crippen LogP contribution in [0, 0.1) is 5.92 Å². The Bertz CT molecular complexity index is 329. The lowest BCUT2D eigenvalue weighted by molar-refractivity contribution is 0.0457. The highest BCUT2D eigenvalue weighted by Crippen LogP contribution is 2.17. The average molecular weight is 195 g/mol. The summed E-state index contributed by atoms with van der Waals surface area (Å²) >= 11 is 0. The molecule has 0 aliphatic carbocycles. The van der Waals surface area contributed by atoms with Gasteiger partial charge in [0.25, 0.3) is 0 Å². The molecule has 2 rings (SSSR count). The van der Waals surface area contributed by atoms with Gasteiger partial charge >= 0.3 is 0 Å². The Balaban J connectivity index is 2.07. The number of hydrogen-bond donors (Lipinski definition) is 0. The molecule has 1 aliphatic rings. The van der Waals surface area contributed by atoms with Crippen molar-refractivity contribution in [2.45, 2.75) is 12.8 Å². The largest absolute Gasteiger partial charge is 0.381 e. The SMILES string of the molecule is Cn1ncc(C(=O)C2CCCOC2)n1. The summed E-state index contributed by atoms with van der Waals surface area (Å²) in [5, 5.41) is 7.86. The standard InChI is InChI=1S/C9H13N3O2/c1-12-10-5-8(11-12)9(13)7-3-2-4-14-6-7/h5,7H,2-4,6H2,1H3. The number of nitrogens with zero attached hydrogens (tertiary/aromatic N) is 3. The summed E-state index contributed by atoms with van der Waals surface area (Å²) in [4.78, 5) is 13.2. The zero-order valence-electron chi connectivity index (χ0n) is 8.14. The predicted octanol–water partition coefficient (Wildman–Crippen LogP) is 0.424. The molecule has 0 N–H and O–H groups in total. The normalized spacial score (nSPS) is 22.2. The van der Waals surface area contributed by atoms with Crippen LogP contribution in [0.15, 0.2) is 6.20 Å². The second-order valence-electron chi connectivity index (χ2n) is 3.50. The highest BCUT2D eigenvalue weighted by atomic mass is 16.5. The van der Waals surface area contributed by atoms with E-state index >= 15 is 0 Å². The average Bonchev–Trinajstić information content (AvgIpc) is 2.65. The molecule has 0 saturated carbocycles. The summed E-state index contributed by atoms with van der Waals surface area (Å²) in [6, 6.07) is 0. The number of carbonyl (C=O) groups excluding carboxylic acids is 1. The van der Waals surface area contributed by atoms with Crippen molar-refractivity contribution in [3.63, 3.8) is 0 Å². The van der Waals surface area contributed by atoms with Crippen molar-refractivity contribution in [2.24, 2.45) is 13.0 Å². The Morgan fingerprint density at radius 3 is 3.14 bits per heavy atom. The maximum atomic E-state index is 11.8. The fourth-order valence-electron chi connectivity index (χ4n) is 1.62. The van der Waals surface area contributed by atoms with Gasteiger partial charge < -0.3 is 4.74 Å². The molecular formula is C9H13N3O2. The maximum absolute atomic E-state index is 11.8. The van der Waals surface area contributed by atoms with Crippen LogP contribution in [0.25, 0.3) is 0 Å². The molecule has 1 atom stereocenters. The van der Waals surface area contributed by atoms with E-state index in [1.807, 2.05) is 0 Å². The zero-order valence-corrected chi connectivity index (χ0v) is 8.14. The Morgan fingerprint density at radius 1 is 1.71 bits per heavy atom. The second-order valence-corrected chi connectivity index (χ2v) is 3.50. The number of aromatic nitrogens is 3. The van der Waals surface area contributed by atoms with Crippen LogP contribution in [0.5, 0.6) is 0 Å². The van der Waals surface area contributed by atoms with Gasteiger partial charge in [-0.3, -0.25) is 4.79 Å². The van der Waals surface area contributed by atoms with Crippen LogP contribution in [0.4, 0.5) is 0 Å². The minimum absolute atomic E-state index is 0.0274. The summed E-state index contributed by atoms with van der Waals surface area (Å²) in [7, 11) is 1.70. The summed E-state index contributed by atoms with van der Waals surface area (Å²) < 4.78 is 5.26. The summed E-state index contributed by atoms with van der Waals surface area (Å²) in [6.45, 7) is 1.29. The predicted molar refractivity (Wildman–Crippen MR) is 48.9 cm³/mol. The van der Waals surface area contributed by atoms with Crippen molar-refractivity contribution in [1.82, 2.24) is 15.0 Å². The van der Waals surface area contributed by atoms with E-state index in [1.165, 1.54) is 11.0 Å². The van der Waals surface area contributed by atoms with Crippen molar-refractivity contribution < 1.29 is 9.53 Å². The van der Waals surface area contributed by atoms with Crippen molar-refractivity contribution in [1.29, 1.82) is 0 Å². The van der Waals surface area contributed by atoms with Crippen LogP contribution in [-0.2, 0) is 11.8 Å². The first-order chi connectivity index (χ1) is 6.77. The quantitative estimate of drug-likeness (QED) is 0.642. The van der Waals surface area contributed by atoms with E-state index in [-0.39, 0.29) is 11.7 Å². The number of rotatable bonds is 2. The molecule has 1 aromatic heterocycles. The monoisotopic (exact) mass is 195 g/mol. The minimum atomic E-state index is -0.0274. The fraction of sp³-hybridized carbons (Fsp3) is 0.667. The highest BCUT2D eigenvalue weighted by Gasteiger charge is 2.24. The molecule has 1 saturated heterocycles. The van der Waals surface area contributed by atoms with Crippen LogP contribution in [0.1, 0.15) is 23.3 Å². The molecule has 0 radical (unpaired) electrons. The van der Waals surface area contributed by atoms with Gasteiger partial charge in [0.05, 0.1) is 12.8 Å². The molecule has 5 nitrogen and oxygen atoms in total. The molecule has 2 heterocycles. The third-order valence-electron chi connectivity index (χ3n) is 2.38. The summed E-state index contributed by atoms with van der Waals surface area (Å²) in [5.74, 6) is 0.0262. The lowest BCUT2D eigenvalue weighted by Crippen LogP contribution is -2.25. The Hall–Kier alpha value is -1.23. The number of aryl methyl sites for hydroxylation is 1. The molecule has 0 bridgehead atoms. The first-order valence-corrected chi connectivity index (χ1v) is 4.75. The van der Waals surface area contributed by atoms with E-state index in [4.69, 9.17) is 4.74 Å². The van der Waals surface area contributed by atoms with Gasteiger partial charge in [-0.15, -0.1) is 0 Å². The van der Waals surface area contributed by atoms with Crippen LogP contribution in [0.3, 0.4) is 0 Å². The zero-order chi connectivity index (χ0) is 9.97. The number of ketones is 1. The van der Waals surface area contributed by atoms with Crippen molar-refractivity contribution in [2.75, 3.05) is 13.2 Å². The summed E-state index contributed by atoms with van der Waals surface area (Å²) in [6.07, 6.45) is 3.36. The Labute approximate surface area is 82.1 Å². The molecule has 5 heteroatoms. The van der Waals surface area contributed by atoms with E-state index in [0.29, 0.717) is 12.3 Å². The number of hydrogen-bond acceptors (Lipinski definition) is 4. The lowest BCUT2D eigenvalue weighted by Gasteiger charge is -2.19. The van der Waals surface area contributed by atoms with Gasteiger partial charge in [0.15, 0.2) is 5.78 Å². The first-order valence-electron chi connectivity index (χ1n) is 4.75. The smallest absolute Gasteiger partial charge is 0.190 e. The van der Waals surface area contributed by atoms with Crippen LogP contribution in [-0.4, -0.2) is 34.0 Å². The van der Waals surface area contributed by atoms with E-state index in [0.717, 1.165) is 19.4 Å². The Morgan fingerprint density at radius 2 is 2.57 bits per heavy atom. The molecule has 0 aromatic carbocycles.